The van der Waals surface area contributed by atoms with Crippen LogP contribution in [0, 0.1) is 5.92 Å². The van der Waals surface area contributed by atoms with Crippen molar-refractivity contribution in [2.75, 3.05) is 13.2 Å². The molecule has 0 heterocycles. The molecule has 0 aromatic rings. The summed E-state index contributed by atoms with van der Waals surface area (Å²) in [6, 6.07) is -0.147. The molecule has 1 atom stereocenters. The first-order chi connectivity index (χ1) is 6.53. The fourth-order valence-electron chi connectivity index (χ4n) is 1.46. The maximum atomic E-state index is 11.7. The van der Waals surface area contributed by atoms with E-state index in [1.165, 1.54) is 0 Å². The molecule has 0 bridgehead atoms. The van der Waals surface area contributed by atoms with E-state index >= 15 is 0 Å². The van der Waals surface area contributed by atoms with Gasteiger partial charge in [0.25, 0.3) is 0 Å². The summed E-state index contributed by atoms with van der Waals surface area (Å²) < 4.78 is 39.7. The molecule has 0 radical (unpaired) electrons. The van der Waals surface area contributed by atoms with E-state index in [4.69, 9.17) is 5.84 Å². The van der Waals surface area contributed by atoms with Crippen LogP contribution in [0.25, 0.3) is 0 Å². The lowest BCUT2D eigenvalue weighted by atomic mass is 9.80. The van der Waals surface area contributed by atoms with Crippen LogP contribution < -0.4 is 11.3 Å². The Kier molecular flexibility index (Phi) is 4.15. The SMILES string of the molecule is NNC(COCC(F)(F)F)C1CCC1. The summed E-state index contributed by atoms with van der Waals surface area (Å²) in [6.45, 7) is -1.17. The van der Waals surface area contributed by atoms with Crippen molar-refractivity contribution in [3.05, 3.63) is 0 Å². The molecule has 0 saturated heterocycles. The van der Waals surface area contributed by atoms with Gasteiger partial charge in [0.15, 0.2) is 0 Å². The van der Waals surface area contributed by atoms with E-state index in [-0.39, 0.29) is 12.6 Å². The molecule has 0 aliphatic heterocycles. The first-order valence-electron chi connectivity index (χ1n) is 4.63. The number of nitrogens with two attached hydrogens (primary N) is 1. The van der Waals surface area contributed by atoms with E-state index in [0.29, 0.717) is 5.92 Å². The van der Waals surface area contributed by atoms with E-state index < -0.39 is 12.8 Å². The van der Waals surface area contributed by atoms with Crippen molar-refractivity contribution in [1.29, 1.82) is 0 Å². The van der Waals surface area contributed by atoms with Gasteiger partial charge in [0.2, 0.25) is 0 Å². The van der Waals surface area contributed by atoms with Crippen LogP contribution in [0.3, 0.4) is 0 Å². The quantitative estimate of drug-likeness (QED) is 0.531. The van der Waals surface area contributed by atoms with E-state index in [1.807, 2.05) is 0 Å². The molecular formula is C8H15F3N2O. The average Bonchev–Trinajstić information content (AvgIpc) is 1.96. The summed E-state index contributed by atoms with van der Waals surface area (Å²) in [5.41, 5.74) is 2.50. The minimum Gasteiger partial charge on any atom is -0.370 e. The molecule has 6 heteroatoms. The molecule has 1 aliphatic rings. The molecule has 1 rings (SSSR count). The monoisotopic (exact) mass is 212 g/mol. The lowest BCUT2D eigenvalue weighted by molar-refractivity contribution is -0.176. The second kappa shape index (κ2) is 4.95. The van der Waals surface area contributed by atoms with E-state index in [2.05, 4.69) is 10.2 Å². The number of halogens is 3. The van der Waals surface area contributed by atoms with Gasteiger partial charge in [-0.05, 0) is 18.8 Å². The Balaban J connectivity index is 2.14. The first kappa shape index (κ1) is 11.7. The third-order valence-electron chi connectivity index (χ3n) is 2.50. The van der Waals surface area contributed by atoms with Crippen molar-refractivity contribution in [1.82, 2.24) is 5.43 Å². The van der Waals surface area contributed by atoms with Crippen LogP contribution in [0.4, 0.5) is 13.2 Å². The second-order valence-electron chi connectivity index (χ2n) is 3.59. The van der Waals surface area contributed by atoms with Crippen molar-refractivity contribution >= 4 is 0 Å². The molecule has 0 aromatic carbocycles. The van der Waals surface area contributed by atoms with E-state index in [9.17, 15) is 13.2 Å². The van der Waals surface area contributed by atoms with Crippen LogP contribution in [0.5, 0.6) is 0 Å². The van der Waals surface area contributed by atoms with Crippen LogP contribution in [0.1, 0.15) is 19.3 Å². The van der Waals surface area contributed by atoms with E-state index in [0.717, 1.165) is 19.3 Å². The number of alkyl halides is 3. The van der Waals surface area contributed by atoms with Crippen LogP contribution in [-0.4, -0.2) is 25.4 Å². The predicted molar refractivity (Wildman–Crippen MR) is 45.3 cm³/mol. The van der Waals surface area contributed by atoms with Crippen LogP contribution >= 0.6 is 0 Å². The highest BCUT2D eigenvalue weighted by atomic mass is 19.4. The highest BCUT2D eigenvalue weighted by Gasteiger charge is 2.30. The fourth-order valence-corrected chi connectivity index (χ4v) is 1.46. The fraction of sp³-hybridized carbons (Fsp3) is 1.00. The molecule has 0 spiro atoms. The van der Waals surface area contributed by atoms with Gasteiger partial charge in [-0.15, -0.1) is 0 Å². The van der Waals surface area contributed by atoms with Gasteiger partial charge in [0.05, 0.1) is 6.61 Å². The molecule has 84 valence electrons. The molecule has 0 amide bonds. The van der Waals surface area contributed by atoms with Gasteiger partial charge >= 0.3 is 6.18 Å². The molecule has 3 nitrogen and oxygen atoms in total. The Hall–Kier alpha value is -0.330. The summed E-state index contributed by atoms with van der Waals surface area (Å²) in [5.74, 6) is 5.59. The molecule has 1 saturated carbocycles. The van der Waals surface area contributed by atoms with Crippen molar-refractivity contribution in [2.24, 2.45) is 11.8 Å². The van der Waals surface area contributed by atoms with Gasteiger partial charge in [0.1, 0.15) is 6.61 Å². The largest absolute Gasteiger partial charge is 0.411 e. The third kappa shape index (κ3) is 3.81. The van der Waals surface area contributed by atoms with E-state index in [1.54, 1.807) is 0 Å². The number of rotatable bonds is 5. The smallest absolute Gasteiger partial charge is 0.370 e. The zero-order chi connectivity index (χ0) is 10.6. The summed E-state index contributed by atoms with van der Waals surface area (Å²) in [6.07, 6.45) is -1.09. The lowest BCUT2D eigenvalue weighted by Crippen LogP contribution is -2.46. The van der Waals surface area contributed by atoms with Gasteiger partial charge in [-0.1, -0.05) is 6.42 Å². The Morgan fingerprint density at radius 2 is 2.07 bits per heavy atom. The predicted octanol–water partition coefficient (Wildman–Crippen LogP) is 1.20. The van der Waals surface area contributed by atoms with Crippen molar-refractivity contribution in [3.63, 3.8) is 0 Å². The minimum absolute atomic E-state index is 0.0284. The Labute approximate surface area is 80.8 Å². The van der Waals surface area contributed by atoms with Crippen molar-refractivity contribution in [2.45, 2.75) is 31.5 Å². The molecule has 0 aromatic heterocycles. The van der Waals surface area contributed by atoms with Gasteiger partial charge in [-0.25, -0.2) is 0 Å². The van der Waals surface area contributed by atoms with Crippen molar-refractivity contribution in [3.8, 4) is 0 Å². The molecule has 1 fully saturated rings. The standard InChI is InChI=1S/C8H15F3N2O/c9-8(10,11)5-14-4-7(13-12)6-2-1-3-6/h6-7,13H,1-5,12H2. The maximum Gasteiger partial charge on any atom is 0.411 e. The number of hydrazine groups is 1. The second-order valence-corrected chi connectivity index (χ2v) is 3.59. The number of nitrogens with one attached hydrogen (secondary N) is 1. The normalized spacial score (nSPS) is 20.6. The molecule has 1 unspecified atom stereocenters. The summed E-state index contributed by atoms with van der Waals surface area (Å²) >= 11 is 0. The topological polar surface area (TPSA) is 47.3 Å². The summed E-state index contributed by atoms with van der Waals surface area (Å²) in [5, 5.41) is 0. The van der Waals surface area contributed by atoms with Gasteiger partial charge in [-0.2, -0.15) is 13.2 Å². The number of ether oxygens (including phenoxy) is 1. The van der Waals surface area contributed by atoms with Crippen LogP contribution in [0.15, 0.2) is 0 Å². The minimum atomic E-state index is -4.25. The number of hydrogen-bond donors (Lipinski definition) is 2. The zero-order valence-electron chi connectivity index (χ0n) is 7.81. The molecule has 14 heavy (non-hydrogen) atoms. The van der Waals surface area contributed by atoms with Crippen LogP contribution in [-0.2, 0) is 4.74 Å². The van der Waals surface area contributed by atoms with Crippen molar-refractivity contribution < 1.29 is 17.9 Å². The number of hydrogen-bond acceptors (Lipinski definition) is 3. The molecule has 3 N–H and O–H groups in total. The lowest BCUT2D eigenvalue weighted by Gasteiger charge is -2.33. The summed E-state index contributed by atoms with van der Waals surface area (Å²) in [7, 11) is 0. The third-order valence-corrected chi connectivity index (χ3v) is 2.50. The molecule has 1 aliphatic carbocycles. The van der Waals surface area contributed by atoms with Gasteiger partial charge < -0.3 is 4.74 Å². The zero-order valence-corrected chi connectivity index (χ0v) is 7.81. The van der Waals surface area contributed by atoms with Gasteiger partial charge in [0, 0.05) is 6.04 Å². The maximum absolute atomic E-state index is 11.7. The average molecular weight is 212 g/mol. The Morgan fingerprint density at radius 1 is 1.43 bits per heavy atom. The van der Waals surface area contributed by atoms with Gasteiger partial charge in [-0.3, -0.25) is 11.3 Å². The Bertz CT molecular complexity index is 170. The Morgan fingerprint density at radius 3 is 2.43 bits per heavy atom. The summed E-state index contributed by atoms with van der Waals surface area (Å²) in [4.78, 5) is 0. The first-order valence-corrected chi connectivity index (χ1v) is 4.63. The highest BCUT2D eigenvalue weighted by molar-refractivity contribution is 4.81. The van der Waals surface area contributed by atoms with Crippen LogP contribution in [0.2, 0.25) is 0 Å². The highest BCUT2D eigenvalue weighted by Crippen LogP contribution is 2.29. The molecular weight excluding hydrogens is 197 g/mol.